The normalized spacial score (nSPS) is 10.5. The van der Waals surface area contributed by atoms with E-state index in [4.69, 9.17) is 0 Å². The smallest absolute Gasteiger partial charge is 0.748 e. The van der Waals surface area contributed by atoms with Gasteiger partial charge in [0.05, 0.1) is 10.1 Å². The molecule has 0 aromatic carbocycles. The summed E-state index contributed by atoms with van der Waals surface area (Å²) in [4.78, 5) is 3.79. The molecule has 0 unspecified atom stereocenters. The van der Waals surface area contributed by atoms with Gasteiger partial charge in [-0.15, -0.1) is 0 Å². The molecule has 0 bridgehead atoms. The molecule has 0 N–H and O–H groups in total. The molecule has 1 aromatic heterocycles. The van der Waals surface area contributed by atoms with E-state index in [2.05, 4.69) is 4.98 Å². The van der Waals surface area contributed by atoms with Gasteiger partial charge in [-0.25, -0.2) is 8.42 Å². The van der Waals surface area contributed by atoms with Crippen molar-refractivity contribution in [2.45, 2.75) is 6.42 Å². The molecular weight excluding hydrogens is 201 g/mol. The molecular formula is C7H8NNaO3S. The van der Waals surface area contributed by atoms with Gasteiger partial charge in [0.25, 0.3) is 0 Å². The molecule has 6 heteroatoms. The quantitative estimate of drug-likeness (QED) is 0.397. The van der Waals surface area contributed by atoms with Crippen LogP contribution in [0.15, 0.2) is 24.5 Å². The molecule has 0 aliphatic heterocycles. The Labute approximate surface area is 99.4 Å². The van der Waals surface area contributed by atoms with E-state index in [0.717, 1.165) is 5.56 Å². The largest absolute Gasteiger partial charge is 1.00 e. The van der Waals surface area contributed by atoms with Gasteiger partial charge in [0, 0.05) is 18.1 Å². The second-order valence-electron chi connectivity index (χ2n) is 2.37. The number of aryl methyl sites for hydroxylation is 1. The summed E-state index contributed by atoms with van der Waals surface area (Å²) in [6, 6.07) is 3.44. The molecule has 0 aliphatic rings. The molecule has 0 aliphatic carbocycles. The number of hydrogen-bond acceptors (Lipinski definition) is 4. The van der Waals surface area contributed by atoms with Crippen LogP contribution >= 0.6 is 0 Å². The van der Waals surface area contributed by atoms with Crippen molar-refractivity contribution in [1.29, 1.82) is 0 Å². The van der Waals surface area contributed by atoms with Gasteiger partial charge in [-0.1, -0.05) is 6.07 Å². The van der Waals surface area contributed by atoms with Crippen LogP contribution in [0.5, 0.6) is 0 Å². The zero-order valence-electron chi connectivity index (χ0n) is 7.30. The van der Waals surface area contributed by atoms with E-state index in [1.165, 1.54) is 0 Å². The second kappa shape index (κ2) is 5.72. The average molecular weight is 209 g/mol. The summed E-state index contributed by atoms with van der Waals surface area (Å²) in [5.41, 5.74) is 0.761. The van der Waals surface area contributed by atoms with Crippen molar-refractivity contribution in [3.63, 3.8) is 0 Å². The number of pyridine rings is 1. The van der Waals surface area contributed by atoms with Crippen LogP contribution in [0.3, 0.4) is 0 Å². The van der Waals surface area contributed by atoms with E-state index < -0.39 is 10.1 Å². The van der Waals surface area contributed by atoms with Crippen LogP contribution in [-0.4, -0.2) is 23.7 Å². The fourth-order valence-corrected chi connectivity index (χ4v) is 1.27. The second-order valence-corrected chi connectivity index (χ2v) is 3.90. The minimum Gasteiger partial charge on any atom is -0.748 e. The molecule has 0 atom stereocenters. The van der Waals surface area contributed by atoms with Crippen LogP contribution in [0.2, 0.25) is 0 Å². The first-order chi connectivity index (χ1) is 5.58. The molecule has 0 radical (unpaired) electrons. The van der Waals surface area contributed by atoms with E-state index in [1.807, 2.05) is 0 Å². The molecule has 0 spiro atoms. The van der Waals surface area contributed by atoms with Crippen LogP contribution in [-0.2, 0) is 16.5 Å². The first-order valence-electron chi connectivity index (χ1n) is 3.40. The number of rotatable bonds is 3. The maximum atomic E-state index is 10.2. The van der Waals surface area contributed by atoms with Gasteiger partial charge in [-0.2, -0.15) is 0 Å². The molecule has 0 saturated heterocycles. The first-order valence-corrected chi connectivity index (χ1v) is 4.98. The summed E-state index contributed by atoms with van der Waals surface area (Å²) in [5.74, 6) is -0.362. The van der Waals surface area contributed by atoms with E-state index in [9.17, 15) is 13.0 Å². The maximum absolute atomic E-state index is 10.2. The van der Waals surface area contributed by atoms with Gasteiger partial charge in [-0.05, 0) is 18.1 Å². The third-order valence-corrected chi connectivity index (χ3v) is 2.07. The zero-order chi connectivity index (χ0) is 9.03. The summed E-state index contributed by atoms with van der Waals surface area (Å²) in [6.07, 6.45) is 3.38. The predicted molar refractivity (Wildman–Crippen MR) is 42.5 cm³/mol. The minimum absolute atomic E-state index is 0. The maximum Gasteiger partial charge on any atom is 1.00 e. The number of hydrogen-bond donors (Lipinski definition) is 0. The van der Waals surface area contributed by atoms with E-state index in [0.29, 0.717) is 0 Å². The summed E-state index contributed by atoms with van der Waals surface area (Å²) in [5, 5.41) is 0. The Kier molecular flexibility index (Phi) is 5.75. The SMILES string of the molecule is O=S(=O)([O-])CCc1cccnc1.[Na+]. The van der Waals surface area contributed by atoms with E-state index >= 15 is 0 Å². The van der Waals surface area contributed by atoms with Crippen LogP contribution in [0.25, 0.3) is 0 Å². The Morgan fingerprint density at radius 2 is 2.15 bits per heavy atom. The Morgan fingerprint density at radius 1 is 1.46 bits per heavy atom. The summed E-state index contributed by atoms with van der Waals surface area (Å²) in [7, 11) is -4.10. The Hall–Kier alpha value is 0.0600. The molecule has 0 amide bonds. The van der Waals surface area contributed by atoms with Crippen molar-refractivity contribution < 1.29 is 42.5 Å². The van der Waals surface area contributed by atoms with Gasteiger partial charge < -0.3 is 4.55 Å². The van der Waals surface area contributed by atoms with Gasteiger partial charge in [0.15, 0.2) is 0 Å². The molecule has 0 saturated carbocycles. The molecule has 0 fully saturated rings. The van der Waals surface area contributed by atoms with Crippen molar-refractivity contribution in [2.24, 2.45) is 0 Å². The number of aromatic nitrogens is 1. The van der Waals surface area contributed by atoms with Crippen molar-refractivity contribution in [1.82, 2.24) is 4.98 Å². The predicted octanol–water partition coefficient (Wildman–Crippen LogP) is -2.83. The topological polar surface area (TPSA) is 70.1 Å². The van der Waals surface area contributed by atoms with Crippen molar-refractivity contribution >= 4 is 10.1 Å². The summed E-state index contributed by atoms with van der Waals surface area (Å²) < 4.78 is 30.7. The standard InChI is InChI=1S/C7H9NO3S.Na/c9-12(10,11)5-3-7-2-1-4-8-6-7;/h1-2,4,6H,3,5H2,(H,9,10,11);/q;+1/p-1. The van der Waals surface area contributed by atoms with Crippen LogP contribution < -0.4 is 29.6 Å². The molecule has 13 heavy (non-hydrogen) atoms. The van der Waals surface area contributed by atoms with Gasteiger partial charge in [0.1, 0.15) is 0 Å². The fraction of sp³-hybridized carbons (Fsp3) is 0.286. The zero-order valence-corrected chi connectivity index (χ0v) is 10.1. The van der Waals surface area contributed by atoms with Gasteiger partial charge >= 0.3 is 29.6 Å². The first kappa shape index (κ1) is 13.1. The summed E-state index contributed by atoms with van der Waals surface area (Å²) >= 11 is 0. The molecule has 66 valence electrons. The van der Waals surface area contributed by atoms with Gasteiger partial charge in [0.2, 0.25) is 0 Å². The monoisotopic (exact) mass is 209 g/mol. The minimum atomic E-state index is -4.10. The third-order valence-electron chi connectivity index (χ3n) is 1.36. The van der Waals surface area contributed by atoms with Crippen molar-refractivity contribution in [3.8, 4) is 0 Å². The molecule has 1 heterocycles. The van der Waals surface area contributed by atoms with Crippen molar-refractivity contribution in [3.05, 3.63) is 30.1 Å². The Balaban J connectivity index is 0.00000144. The Bertz CT molecular complexity index is 338. The van der Waals surface area contributed by atoms with Crippen LogP contribution in [0.1, 0.15) is 5.56 Å². The molecule has 1 rings (SSSR count). The fourth-order valence-electron chi connectivity index (χ4n) is 0.789. The van der Waals surface area contributed by atoms with Crippen LogP contribution in [0.4, 0.5) is 0 Å². The van der Waals surface area contributed by atoms with Crippen LogP contribution in [0, 0.1) is 0 Å². The van der Waals surface area contributed by atoms with E-state index in [1.54, 1.807) is 24.5 Å². The Morgan fingerprint density at radius 3 is 2.62 bits per heavy atom. The average Bonchev–Trinajstić information content (AvgIpc) is 2.02. The third kappa shape index (κ3) is 6.17. The molecule has 1 aromatic rings. The van der Waals surface area contributed by atoms with Crippen molar-refractivity contribution in [2.75, 3.05) is 5.75 Å². The van der Waals surface area contributed by atoms with E-state index in [-0.39, 0.29) is 41.7 Å². The molecule has 4 nitrogen and oxygen atoms in total. The summed E-state index contributed by atoms with van der Waals surface area (Å²) in [6.45, 7) is 0. The van der Waals surface area contributed by atoms with Gasteiger partial charge in [-0.3, -0.25) is 4.98 Å². The number of nitrogens with zero attached hydrogens (tertiary/aromatic N) is 1.